The molecule has 1 aliphatic rings. The number of esters is 1. The molecule has 0 amide bonds. The van der Waals surface area contributed by atoms with Gasteiger partial charge in [-0.3, -0.25) is 9.36 Å². The van der Waals surface area contributed by atoms with Gasteiger partial charge in [-0.25, -0.2) is 9.79 Å². The molecule has 1 aliphatic heterocycles. The van der Waals surface area contributed by atoms with E-state index in [1.807, 2.05) is 62.4 Å². The van der Waals surface area contributed by atoms with E-state index in [1.165, 1.54) is 24.6 Å². The lowest BCUT2D eigenvalue weighted by atomic mass is 9.97. The molecule has 12 heteroatoms. The largest absolute Gasteiger partial charge is 0.490 e. The number of carbonyl (C=O) groups is 1. The zero-order valence-corrected chi connectivity index (χ0v) is 30.7. The molecule has 5 rings (SSSR count). The van der Waals surface area contributed by atoms with E-state index in [-0.39, 0.29) is 11.1 Å². The summed E-state index contributed by atoms with van der Waals surface area (Å²) in [5.74, 6) is 1.34. The topological polar surface area (TPSA) is 88.4 Å². The van der Waals surface area contributed by atoms with Gasteiger partial charge in [0, 0.05) is 10.7 Å². The van der Waals surface area contributed by atoms with E-state index in [2.05, 4.69) is 66.1 Å². The third-order valence-electron chi connectivity index (χ3n) is 6.62. The summed E-state index contributed by atoms with van der Waals surface area (Å²) in [6, 6.07) is 16.6. The van der Waals surface area contributed by atoms with Crippen molar-refractivity contribution in [3.8, 4) is 17.2 Å². The first-order valence-corrected chi connectivity index (χ1v) is 17.4. The van der Waals surface area contributed by atoms with Crippen LogP contribution >= 0.6 is 72.4 Å². The van der Waals surface area contributed by atoms with E-state index in [9.17, 15) is 9.59 Å². The van der Waals surface area contributed by atoms with Crippen LogP contribution < -0.4 is 29.1 Å². The highest BCUT2D eigenvalue weighted by Gasteiger charge is 2.31. The lowest BCUT2D eigenvalue weighted by Gasteiger charge is -2.23. The highest BCUT2D eigenvalue weighted by molar-refractivity contribution is 14.1. The van der Waals surface area contributed by atoms with Gasteiger partial charge in [-0.1, -0.05) is 45.5 Å². The Bertz CT molecular complexity index is 1900. The van der Waals surface area contributed by atoms with Crippen LogP contribution in [0.25, 0.3) is 6.08 Å². The van der Waals surface area contributed by atoms with Gasteiger partial charge in [0.1, 0.15) is 12.4 Å². The average molecular weight is 901 g/mol. The van der Waals surface area contributed by atoms with Crippen molar-refractivity contribution in [3.63, 3.8) is 0 Å². The van der Waals surface area contributed by atoms with Gasteiger partial charge in [-0.2, -0.15) is 0 Å². The number of rotatable bonds is 10. The van der Waals surface area contributed by atoms with E-state index >= 15 is 0 Å². The summed E-state index contributed by atoms with van der Waals surface area (Å²) in [5.41, 5.74) is 2.57. The fourth-order valence-corrected chi connectivity index (χ4v) is 8.04. The number of fused-ring (bicyclic) bond motifs is 1. The summed E-state index contributed by atoms with van der Waals surface area (Å²) >= 11 is 9.23. The minimum Gasteiger partial charge on any atom is -0.490 e. The fourth-order valence-electron chi connectivity index (χ4n) is 4.68. The predicted octanol–water partition coefficient (Wildman–Crippen LogP) is 6.37. The second kappa shape index (κ2) is 14.6. The van der Waals surface area contributed by atoms with Crippen molar-refractivity contribution < 1.29 is 23.7 Å². The summed E-state index contributed by atoms with van der Waals surface area (Å²) in [6.45, 7) is 5.12. The summed E-state index contributed by atoms with van der Waals surface area (Å²) in [5, 5.41) is 0. The van der Waals surface area contributed by atoms with Gasteiger partial charge in [0.15, 0.2) is 16.3 Å². The SMILES string of the molecule is CCOc1ccc([C@H]2C(C(=O)OC)=CN=c3s/c(=C\c4cc(I)c(OCc5ccc(Br)cc5)c(I)c4)c(=O)n32)cc1OCC. The number of thiazole rings is 1. The predicted molar refractivity (Wildman–Crippen MR) is 190 cm³/mol. The maximum Gasteiger partial charge on any atom is 0.337 e. The molecule has 1 atom stereocenters. The maximum absolute atomic E-state index is 14.0. The van der Waals surface area contributed by atoms with Crippen LogP contribution in [0.5, 0.6) is 17.2 Å². The van der Waals surface area contributed by atoms with E-state index in [0.29, 0.717) is 46.2 Å². The molecule has 0 aliphatic carbocycles. The first-order valence-electron chi connectivity index (χ1n) is 13.6. The fraction of sp³-hybridized carbons (Fsp3) is 0.219. The van der Waals surface area contributed by atoms with E-state index in [1.54, 1.807) is 16.7 Å². The molecule has 0 saturated carbocycles. The van der Waals surface area contributed by atoms with Crippen LogP contribution in [0.4, 0.5) is 0 Å². The second-order valence-electron chi connectivity index (χ2n) is 9.48. The minimum atomic E-state index is -0.759. The van der Waals surface area contributed by atoms with Crippen LogP contribution in [0.1, 0.15) is 36.6 Å². The van der Waals surface area contributed by atoms with Gasteiger partial charge < -0.3 is 18.9 Å². The Morgan fingerprint density at radius 2 is 1.68 bits per heavy atom. The Kier molecular flexibility index (Phi) is 10.9. The van der Waals surface area contributed by atoms with Gasteiger partial charge in [0.25, 0.3) is 5.56 Å². The highest BCUT2D eigenvalue weighted by atomic mass is 127. The lowest BCUT2D eigenvalue weighted by molar-refractivity contribution is -0.136. The van der Waals surface area contributed by atoms with Crippen molar-refractivity contribution in [1.29, 1.82) is 0 Å². The van der Waals surface area contributed by atoms with E-state index < -0.39 is 12.0 Å². The molecule has 0 fully saturated rings. The molecule has 3 aromatic carbocycles. The van der Waals surface area contributed by atoms with Crippen LogP contribution in [0, 0.1) is 7.14 Å². The normalized spacial score (nSPS) is 14.4. The van der Waals surface area contributed by atoms with Crippen LogP contribution in [-0.4, -0.2) is 30.9 Å². The quantitative estimate of drug-likeness (QED) is 0.136. The van der Waals surface area contributed by atoms with E-state index in [0.717, 1.165) is 28.5 Å². The Morgan fingerprint density at radius 3 is 2.34 bits per heavy atom. The van der Waals surface area contributed by atoms with Crippen LogP contribution in [0.2, 0.25) is 0 Å². The number of ether oxygens (including phenoxy) is 4. The molecule has 0 saturated heterocycles. The first-order chi connectivity index (χ1) is 21.2. The number of hydrogen-bond donors (Lipinski definition) is 0. The maximum atomic E-state index is 14.0. The van der Waals surface area contributed by atoms with Gasteiger partial charge >= 0.3 is 5.97 Å². The Hall–Kier alpha value is -2.69. The molecule has 0 unspecified atom stereocenters. The standard InChI is InChI=1S/C32H27BrI2N2O6S/c1-4-41-25-11-8-20(15-26(25)42-5-2)28-22(31(39)40-3)16-36-32-37(28)30(38)27(44-32)14-19-12-23(34)29(24(35)13-19)43-17-18-6-9-21(33)10-7-18/h6-16,28H,4-5,17H2,1-3H3/b27-14-/t28-/m0/s1. The number of hydrogen-bond acceptors (Lipinski definition) is 8. The molecule has 4 aromatic rings. The molecule has 0 bridgehead atoms. The van der Waals surface area contributed by atoms with E-state index in [4.69, 9.17) is 18.9 Å². The zero-order valence-electron chi connectivity index (χ0n) is 23.9. The summed E-state index contributed by atoms with van der Waals surface area (Å²) in [4.78, 5) is 31.8. The smallest absolute Gasteiger partial charge is 0.337 e. The summed E-state index contributed by atoms with van der Waals surface area (Å²) < 4.78 is 27.7. The van der Waals surface area contributed by atoms with Gasteiger partial charge in [0.05, 0.1) is 43.6 Å². The molecular weight excluding hydrogens is 874 g/mol. The number of halogens is 3. The highest BCUT2D eigenvalue weighted by Crippen LogP contribution is 2.35. The van der Waals surface area contributed by atoms with Crippen LogP contribution in [0.15, 0.2) is 80.6 Å². The van der Waals surface area contributed by atoms with Crippen molar-refractivity contribution in [2.24, 2.45) is 4.99 Å². The molecule has 228 valence electrons. The molecule has 2 heterocycles. The van der Waals surface area contributed by atoms with Crippen LogP contribution in [-0.2, 0) is 16.1 Å². The molecule has 8 nitrogen and oxygen atoms in total. The number of methoxy groups -OCH3 is 1. The molecule has 0 N–H and O–H groups in total. The van der Waals surface area contributed by atoms with Crippen molar-refractivity contribution >= 4 is 84.5 Å². The number of benzene rings is 3. The van der Waals surface area contributed by atoms with Crippen LogP contribution in [0.3, 0.4) is 0 Å². The Balaban J connectivity index is 1.54. The van der Waals surface area contributed by atoms with Gasteiger partial charge in [0.2, 0.25) is 0 Å². The molecule has 1 aromatic heterocycles. The van der Waals surface area contributed by atoms with Crippen molar-refractivity contribution in [2.75, 3.05) is 20.3 Å². The van der Waals surface area contributed by atoms with Gasteiger partial charge in [-0.15, -0.1) is 0 Å². The first kappa shape index (κ1) is 32.7. The number of aromatic nitrogens is 1. The van der Waals surface area contributed by atoms with Crippen molar-refractivity contribution in [1.82, 2.24) is 4.57 Å². The molecular formula is C32H27BrI2N2O6S. The number of carbonyl (C=O) groups excluding carboxylic acids is 1. The molecule has 44 heavy (non-hydrogen) atoms. The van der Waals surface area contributed by atoms with Crippen molar-refractivity contribution in [3.05, 3.63) is 114 Å². The van der Waals surface area contributed by atoms with Crippen molar-refractivity contribution in [2.45, 2.75) is 26.5 Å². The average Bonchev–Trinajstić information content (AvgIpc) is 3.32. The van der Waals surface area contributed by atoms with Gasteiger partial charge in [-0.05, 0) is 118 Å². The second-order valence-corrected chi connectivity index (χ2v) is 13.7. The summed E-state index contributed by atoms with van der Waals surface area (Å²) in [6.07, 6.45) is 3.32. The minimum absolute atomic E-state index is 0.245. The summed E-state index contributed by atoms with van der Waals surface area (Å²) in [7, 11) is 1.31. The zero-order chi connectivity index (χ0) is 31.4. The Morgan fingerprint density at radius 1 is 1.00 bits per heavy atom. The lowest BCUT2D eigenvalue weighted by Crippen LogP contribution is -2.39. The third kappa shape index (κ3) is 7.07. The monoisotopic (exact) mass is 900 g/mol. The Labute approximate surface area is 293 Å². The number of nitrogens with zero attached hydrogens (tertiary/aromatic N) is 2. The third-order valence-corrected chi connectivity index (χ3v) is 9.75. The molecule has 0 spiro atoms. The molecule has 0 radical (unpaired) electrons.